The molecule has 0 fully saturated rings. The number of nitrogens with zero attached hydrogens (tertiary/aromatic N) is 2. The Morgan fingerprint density at radius 2 is 1.47 bits per heavy atom. The van der Waals surface area contributed by atoms with Gasteiger partial charge in [0.15, 0.2) is 11.5 Å². The van der Waals surface area contributed by atoms with Crippen LogP contribution in [0.25, 0.3) is 0 Å². The van der Waals surface area contributed by atoms with Crippen molar-refractivity contribution in [3.63, 3.8) is 0 Å². The van der Waals surface area contributed by atoms with Crippen LogP contribution in [0, 0.1) is 0 Å². The first-order chi connectivity index (χ1) is 17.4. The third kappa shape index (κ3) is 4.77. The molecule has 0 N–H and O–H groups in total. The van der Waals surface area contributed by atoms with Crippen LogP contribution in [0.3, 0.4) is 0 Å². The SMILES string of the molecule is COc1ccc(C2=NN(C(=O)c3cc(OC)c(OC)c(OC)c3)[C@@H](c3ccc(Cl)cc3)C2)c(OC)c1. The van der Waals surface area contributed by atoms with E-state index in [1.807, 2.05) is 24.3 Å². The van der Waals surface area contributed by atoms with Gasteiger partial charge in [-0.2, -0.15) is 5.10 Å². The molecule has 0 saturated carbocycles. The lowest BCUT2D eigenvalue weighted by atomic mass is 9.97. The van der Waals surface area contributed by atoms with E-state index in [9.17, 15) is 4.79 Å². The number of hydrazone groups is 1. The minimum absolute atomic E-state index is 0.323. The summed E-state index contributed by atoms with van der Waals surface area (Å²) in [7, 11) is 7.70. The zero-order valence-electron chi connectivity index (χ0n) is 20.7. The molecule has 1 heterocycles. The molecule has 0 saturated heterocycles. The van der Waals surface area contributed by atoms with Gasteiger partial charge < -0.3 is 23.7 Å². The average Bonchev–Trinajstić information content (AvgIpc) is 3.36. The maximum atomic E-state index is 13.9. The number of carbonyl (C=O) groups is 1. The zero-order chi connectivity index (χ0) is 25.8. The molecule has 36 heavy (non-hydrogen) atoms. The van der Waals surface area contributed by atoms with Crippen LogP contribution in [0.2, 0.25) is 5.02 Å². The van der Waals surface area contributed by atoms with Crippen LogP contribution >= 0.6 is 11.6 Å². The van der Waals surface area contributed by atoms with Gasteiger partial charge in [-0.1, -0.05) is 23.7 Å². The number of hydrogen-bond acceptors (Lipinski definition) is 7. The van der Waals surface area contributed by atoms with Gasteiger partial charge in [-0.15, -0.1) is 0 Å². The van der Waals surface area contributed by atoms with Crippen molar-refractivity contribution in [2.45, 2.75) is 12.5 Å². The normalized spacial score (nSPS) is 14.8. The van der Waals surface area contributed by atoms with E-state index >= 15 is 0 Å². The van der Waals surface area contributed by atoms with Crippen LogP contribution in [0.1, 0.15) is 33.9 Å². The summed E-state index contributed by atoms with van der Waals surface area (Å²) in [6.07, 6.45) is 0.473. The van der Waals surface area contributed by atoms with Gasteiger partial charge in [-0.25, -0.2) is 5.01 Å². The summed E-state index contributed by atoms with van der Waals surface area (Å²) in [5, 5.41) is 6.85. The largest absolute Gasteiger partial charge is 0.497 e. The Morgan fingerprint density at radius 1 is 0.833 bits per heavy atom. The summed E-state index contributed by atoms with van der Waals surface area (Å²) in [5.41, 5.74) is 2.72. The number of amides is 1. The minimum atomic E-state index is -0.365. The van der Waals surface area contributed by atoms with Crippen molar-refractivity contribution in [1.29, 1.82) is 0 Å². The van der Waals surface area contributed by atoms with Crippen LogP contribution in [-0.4, -0.2) is 52.2 Å². The average molecular weight is 511 g/mol. The van der Waals surface area contributed by atoms with E-state index < -0.39 is 0 Å². The molecule has 0 bridgehead atoms. The minimum Gasteiger partial charge on any atom is -0.497 e. The molecule has 0 spiro atoms. The summed E-state index contributed by atoms with van der Waals surface area (Å²) in [4.78, 5) is 13.9. The highest BCUT2D eigenvalue weighted by atomic mass is 35.5. The van der Waals surface area contributed by atoms with Crippen molar-refractivity contribution in [1.82, 2.24) is 5.01 Å². The fraction of sp³-hybridized carbons (Fsp3) is 0.259. The van der Waals surface area contributed by atoms with Crippen LogP contribution in [0.15, 0.2) is 59.7 Å². The number of rotatable bonds is 8. The molecular weight excluding hydrogens is 484 g/mol. The van der Waals surface area contributed by atoms with Crippen molar-refractivity contribution < 1.29 is 28.5 Å². The van der Waals surface area contributed by atoms with Gasteiger partial charge in [0.2, 0.25) is 5.75 Å². The number of methoxy groups -OCH3 is 5. The lowest BCUT2D eigenvalue weighted by Crippen LogP contribution is -2.27. The van der Waals surface area contributed by atoms with Gasteiger partial charge in [0.1, 0.15) is 11.5 Å². The molecule has 4 rings (SSSR count). The molecule has 1 atom stereocenters. The number of hydrogen-bond donors (Lipinski definition) is 0. The Morgan fingerprint density at radius 3 is 2.03 bits per heavy atom. The third-order valence-electron chi connectivity index (χ3n) is 6.00. The third-order valence-corrected chi connectivity index (χ3v) is 6.26. The van der Waals surface area contributed by atoms with Gasteiger partial charge >= 0.3 is 0 Å². The Kier molecular flexibility index (Phi) is 7.55. The van der Waals surface area contributed by atoms with Gasteiger partial charge in [0.25, 0.3) is 5.91 Å². The zero-order valence-corrected chi connectivity index (χ0v) is 21.5. The topological polar surface area (TPSA) is 78.8 Å². The van der Waals surface area contributed by atoms with Crippen LogP contribution in [0.5, 0.6) is 28.7 Å². The van der Waals surface area contributed by atoms with Crippen molar-refractivity contribution in [3.05, 3.63) is 76.3 Å². The highest BCUT2D eigenvalue weighted by Gasteiger charge is 2.35. The standard InChI is InChI=1S/C27H27ClN2O6/c1-32-19-10-11-20(23(14-19)33-2)21-15-22(16-6-8-18(28)9-7-16)30(29-21)27(31)17-12-24(34-3)26(36-5)25(13-17)35-4/h6-14,22H,15H2,1-5H3/t22-/m1/s1. The van der Waals surface area contributed by atoms with Crippen molar-refractivity contribution in [2.75, 3.05) is 35.5 Å². The second-order valence-electron chi connectivity index (χ2n) is 7.95. The first-order valence-corrected chi connectivity index (χ1v) is 11.5. The van der Waals surface area contributed by atoms with Crippen molar-refractivity contribution >= 4 is 23.2 Å². The fourth-order valence-electron chi connectivity index (χ4n) is 4.18. The smallest absolute Gasteiger partial charge is 0.274 e. The molecule has 1 aliphatic heterocycles. The van der Waals surface area contributed by atoms with E-state index in [1.54, 1.807) is 44.6 Å². The van der Waals surface area contributed by atoms with Crippen LogP contribution in [0.4, 0.5) is 0 Å². The fourth-order valence-corrected chi connectivity index (χ4v) is 4.30. The predicted octanol–water partition coefficient (Wildman–Crippen LogP) is 5.37. The summed E-state index contributed by atoms with van der Waals surface area (Å²) in [6, 6.07) is 15.8. The highest BCUT2D eigenvalue weighted by Crippen LogP contribution is 2.41. The Hall–Kier alpha value is -3.91. The van der Waals surface area contributed by atoms with E-state index in [0.29, 0.717) is 51.5 Å². The maximum Gasteiger partial charge on any atom is 0.274 e. The molecule has 9 heteroatoms. The second-order valence-corrected chi connectivity index (χ2v) is 8.38. The van der Waals surface area contributed by atoms with Crippen LogP contribution in [-0.2, 0) is 0 Å². The van der Waals surface area contributed by atoms with Crippen molar-refractivity contribution in [3.8, 4) is 28.7 Å². The highest BCUT2D eigenvalue weighted by molar-refractivity contribution is 6.30. The van der Waals surface area contributed by atoms with E-state index in [2.05, 4.69) is 0 Å². The number of ether oxygens (including phenoxy) is 5. The van der Waals surface area contributed by atoms with E-state index in [4.69, 9.17) is 40.4 Å². The second kappa shape index (κ2) is 10.8. The molecule has 3 aromatic rings. The predicted molar refractivity (Wildman–Crippen MR) is 137 cm³/mol. The maximum absolute atomic E-state index is 13.9. The Bertz CT molecular complexity index is 1270. The monoisotopic (exact) mass is 510 g/mol. The van der Waals surface area contributed by atoms with Gasteiger partial charge in [-0.3, -0.25) is 4.79 Å². The summed E-state index contributed by atoms with van der Waals surface area (Å²) in [6.45, 7) is 0. The lowest BCUT2D eigenvalue weighted by Gasteiger charge is -2.23. The molecule has 0 radical (unpaired) electrons. The lowest BCUT2D eigenvalue weighted by molar-refractivity contribution is 0.0710. The number of carbonyl (C=O) groups excluding carboxylic acids is 1. The molecular formula is C27H27ClN2O6. The quantitative estimate of drug-likeness (QED) is 0.405. The molecule has 188 valence electrons. The first kappa shape index (κ1) is 25.2. The summed E-state index contributed by atoms with van der Waals surface area (Å²) < 4.78 is 27.2. The molecule has 0 aliphatic carbocycles. The molecule has 1 amide bonds. The van der Waals surface area contributed by atoms with Gasteiger partial charge in [-0.05, 0) is 42.0 Å². The number of benzene rings is 3. The summed E-state index contributed by atoms with van der Waals surface area (Å²) >= 11 is 6.12. The first-order valence-electron chi connectivity index (χ1n) is 11.1. The molecule has 3 aromatic carbocycles. The van der Waals surface area contributed by atoms with E-state index in [-0.39, 0.29) is 11.9 Å². The van der Waals surface area contributed by atoms with E-state index in [0.717, 1.165) is 11.1 Å². The molecule has 0 aromatic heterocycles. The van der Waals surface area contributed by atoms with E-state index in [1.165, 1.54) is 26.3 Å². The molecule has 8 nitrogen and oxygen atoms in total. The number of halogens is 1. The Labute approximate surface area is 214 Å². The molecule has 1 aliphatic rings. The van der Waals surface area contributed by atoms with Crippen LogP contribution < -0.4 is 23.7 Å². The molecule has 0 unspecified atom stereocenters. The Balaban J connectivity index is 1.81. The summed E-state index contributed by atoms with van der Waals surface area (Å²) in [5.74, 6) is 2.10. The van der Waals surface area contributed by atoms with Gasteiger partial charge in [0.05, 0.1) is 47.3 Å². The van der Waals surface area contributed by atoms with Crippen molar-refractivity contribution in [2.24, 2.45) is 5.10 Å². The van der Waals surface area contributed by atoms with Gasteiger partial charge in [0, 0.05) is 28.6 Å².